The number of ether oxygens (including phenoxy) is 1. The highest BCUT2D eigenvalue weighted by atomic mass is 32.2. The van der Waals surface area contributed by atoms with Crippen molar-refractivity contribution in [3.05, 3.63) is 66.9 Å². The van der Waals surface area contributed by atoms with E-state index in [9.17, 15) is 4.79 Å². The van der Waals surface area contributed by atoms with Crippen molar-refractivity contribution in [1.29, 1.82) is 0 Å². The summed E-state index contributed by atoms with van der Waals surface area (Å²) in [5.74, 6) is -0.149. The van der Waals surface area contributed by atoms with Crippen LogP contribution in [0.25, 0.3) is 16.9 Å². The number of hydrogen-bond donors (Lipinski definition) is 0. The lowest BCUT2D eigenvalue weighted by Gasteiger charge is -2.13. The number of esters is 1. The topological polar surface area (TPSA) is 44.1 Å². The Morgan fingerprint density at radius 2 is 1.75 bits per heavy atom. The minimum Gasteiger partial charge on any atom is -0.465 e. The molecule has 2 aromatic carbocycles. The van der Waals surface area contributed by atoms with Crippen molar-refractivity contribution in [1.82, 2.24) is 9.55 Å². The predicted molar refractivity (Wildman–Crippen MR) is 94.2 cm³/mol. The van der Waals surface area contributed by atoms with E-state index in [-0.39, 0.29) is 11.2 Å². The van der Waals surface area contributed by atoms with Crippen molar-refractivity contribution in [3.63, 3.8) is 0 Å². The molecule has 0 spiro atoms. The van der Waals surface area contributed by atoms with Gasteiger partial charge < -0.3 is 4.74 Å². The maximum Gasteiger partial charge on any atom is 0.319 e. The molecular formula is C19H16N2O2S. The summed E-state index contributed by atoms with van der Waals surface area (Å²) in [4.78, 5) is 16.4. The Hall–Kier alpha value is -2.53. The van der Waals surface area contributed by atoms with E-state index in [0.717, 1.165) is 28.5 Å². The van der Waals surface area contributed by atoms with Gasteiger partial charge in [-0.25, -0.2) is 4.98 Å². The van der Waals surface area contributed by atoms with Crippen LogP contribution in [0.1, 0.15) is 6.42 Å². The highest BCUT2D eigenvalue weighted by molar-refractivity contribution is 8.00. The highest BCUT2D eigenvalue weighted by Gasteiger charge is 2.29. The molecule has 3 aromatic rings. The fourth-order valence-corrected chi connectivity index (χ4v) is 3.82. The van der Waals surface area contributed by atoms with Crippen LogP contribution in [0.5, 0.6) is 0 Å². The van der Waals surface area contributed by atoms with Crippen molar-refractivity contribution >= 4 is 17.7 Å². The molecule has 0 amide bonds. The van der Waals surface area contributed by atoms with E-state index in [1.165, 1.54) is 11.8 Å². The molecule has 1 saturated heterocycles. The first-order chi connectivity index (χ1) is 11.8. The Kier molecular flexibility index (Phi) is 4.09. The molecule has 1 fully saturated rings. The Morgan fingerprint density at radius 1 is 1.04 bits per heavy atom. The third-order valence-electron chi connectivity index (χ3n) is 3.95. The predicted octanol–water partition coefficient (Wildman–Crippen LogP) is 3.95. The number of para-hydroxylation sites is 1. The second-order valence-electron chi connectivity index (χ2n) is 5.53. The largest absolute Gasteiger partial charge is 0.465 e. The van der Waals surface area contributed by atoms with Gasteiger partial charge in [0.05, 0.1) is 18.5 Å². The molecule has 120 valence electrons. The summed E-state index contributed by atoms with van der Waals surface area (Å²) in [5, 5.41) is 0.627. The molecule has 0 saturated carbocycles. The number of nitrogens with zero attached hydrogens (tertiary/aromatic N) is 2. The lowest BCUT2D eigenvalue weighted by molar-refractivity contribution is -0.137. The number of benzene rings is 2. The van der Waals surface area contributed by atoms with Gasteiger partial charge >= 0.3 is 5.97 Å². The van der Waals surface area contributed by atoms with Crippen LogP contribution in [0.4, 0.5) is 0 Å². The van der Waals surface area contributed by atoms with E-state index in [0.29, 0.717) is 6.61 Å². The summed E-state index contributed by atoms with van der Waals surface area (Å²) in [5.41, 5.74) is 3.13. The van der Waals surface area contributed by atoms with E-state index in [4.69, 9.17) is 4.74 Å². The molecule has 1 aliphatic rings. The Morgan fingerprint density at radius 3 is 2.42 bits per heavy atom. The quantitative estimate of drug-likeness (QED) is 0.677. The van der Waals surface area contributed by atoms with Crippen molar-refractivity contribution in [2.24, 2.45) is 0 Å². The monoisotopic (exact) mass is 336 g/mol. The molecule has 1 unspecified atom stereocenters. The molecular weight excluding hydrogens is 320 g/mol. The second-order valence-corrected chi connectivity index (χ2v) is 6.70. The van der Waals surface area contributed by atoms with Crippen molar-refractivity contribution in [2.45, 2.75) is 16.8 Å². The van der Waals surface area contributed by atoms with Crippen LogP contribution in [-0.2, 0) is 9.53 Å². The third kappa shape index (κ3) is 2.83. The summed E-state index contributed by atoms with van der Waals surface area (Å²) in [7, 11) is 0. The van der Waals surface area contributed by atoms with Crippen LogP contribution in [0.2, 0.25) is 0 Å². The van der Waals surface area contributed by atoms with Gasteiger partial charge in [0.2, 0.25) is 0 Å². The van der Waals surface area contributed by atoms with Crippen LogP contribution >= 0.6 is 11.8 Å². The Labute approximate surface area is 144 Å². The zero-order valence-corrected chi connectivity index (χ0v) is 13.8. The minimum atomic E-state index is -0.182. The van der Waals surface area contributed by atoms with Gasteiger partial charge in [0, 0.05) is 17.7 Å². The average Bonchev–Trinajstić information content (AvgIpc) is 3.23. The van der Waals surface area contributed by atoms with Crippen LogP contribution < -0.4 is 0 Å². The van der Waals surface area contributed by atoms with Gasteiger partial charge in [0.1, 0.15) is 5.25 Å². The summed E-state index contributed by atoms with van der Waals surface area (Å²) in [6.07, 6.45) is 2.59. The molecule has 0 aliphatic carbocycles. The molecule has 1 aromatic heterocycles. The van der Waals surface area contributed by atoms with Gasteiger partial charge in [0.25, 0.3) is 0 Å². The van der Waals surface area contributed by atoms with Crippen molar-refractivity contribution < 1.29 is 9.53 Å². The number of carbonyl (C=O) groups excluding carboxylic acids is 1. The normalized spacial score (nSPS) is 17.0. The average molecular weight is 336 g/mol. The van der Waals surface area contributed by atoms with E-state index >= 15 is 0 Å². The third-order valence-corrected chi connectivity index (χ3v) is 5.16. The van der Waals surface area contributed by atoms with Gasteiger partial charge in [-0.15, -0.1) is 0 Å². The number of imidazole rings is 1. The second kappa shape index (κ2) is 6.53. The maximum atomic E-state index is 11.8. The fourth-order valence-electron chi connectivity index (χ4n) is 2.77. The zero-order chi connectivity index (χ0) is 16.4. The van der Waals surface area contributed by atoms with Crippen LogP contribution in [0.3, 0.4) is 0 Å². The minimum absolute atomic E-state index is 0.149. The maximum absolute atomic E-state index is 11.8. The van der Waals surface area contributed by atoms with Gasteiger partial charge in [-0.3, -0.25) is 9.36 Å². The molecule has 1 atom stereocenters. The standard InChI is InChI=1S/C19H16N2O2S/c22-18-17(11-12-23-18)24-19-20-13-16(14-7-3-1-4-8-14)21(19)15-9-5-2-6-10-15/h1-10,13,17H,11-12H2. The lowest BCUT2D eigenvalue weighted by Crippen LogP contribution is -2.11. The molecule has 5 heteroatoms. The number of rotatable bonds is 4. The summed E-state index contributed by atoms with van der Waals surface area (Å²) in [6.45, 7) is 0.494. The first kappa shape index (κ1) is 15.0. The number of aromatic nitrogens is 2. The summed E-state index contributed by atoms with van der Waals surface area (Å²) in [6, 6.07) is 20.2. The van der Waals surface area contributed by atoms with E-state index in [1.54, 1.807) is 0 Å². The Balaban J connectivity index is 1.79. The molecule has 0 radical (unpaired) electrons. The van der Waals surface area contributed by atoms with Gasteiger partial charge in [-0.05, 0) is 12.1 Å². The number of hydrogen-bond acceptors (Lipinski definition) is 4. The van der Waals surface area contributed by atoms with Crippen molar-refractivity contribution in [3.8, 4) is 16.9 Å². The SMILES string of the molecule is O=C1OCCC1Sc1ncc(-c2ccccc2)n1-c1ccccc1. The Bertz CT molecular complexity index is 846. The smallest absolute Gasteiger partial charge is 0.319 e. The van der Waals surface area contributed by atoms with E-state index in [1.807, 2.05) is 54.7 Å². The first-order valence-corrected chi connectivity index (χ1v) is 8.73. The molecule has 24 heavy (non-hydrogen) atoms. The first-order valence-electron chi connectivity index (χ1n) is 7.85. The molecule has 4 nitrogen and oxygen atoms in total. The molecule has 1 aliphatic heterocycles. The number of thioether (sulfide) groups is 1. The summed E-state index contributed by atoms with van der Waals surface area (Å²) >= 11 is 1.47. The molecule has 2 heterocycles. The van der Waals surface area contributed by atoms with Gasteiger partial charge in [-0.2, -0.15) is 0 Å². The van der Waals surface area contributed by atoms with Crippen LogP contribution in [-0.4, -0.2) is 27.4 Å². The molecule has 0 bridgehead atoms. The highest BCUT2D eigenvalue weighted by Crippen LogP contribution is 2.34. The molecule has 0 N–H and O–H groups in total. The van der Waals surface area contributed by atoms with Gasteiger partial charge in [0.15, 0.2) is 5.16 Å². The van der Waals surface area contributed by atoms with E-state index in [2.05, 4.69) is 21.7 Å². The fraction of sp³-hybridized carbons (Fsp3) is 0.158. The number of carbonyl (C=O) groups is 1. The van der Waals surface area contributed by atoms with Crippen LogP contribution in [0.15, 0.2) is 72.0 Å². The van der Waals surface area contributed by atoms with Crippen LogP contribution in [0, 0.1) is 0 Å². The van der Waals surface area contributed by atoms with E-state index < -0.39 is 0 Å². The molecule has 4 rings (SSSR count). The zero-order valence-electron chi connectivity index (χ0n) is 13.0. The van der Waals surface area contributed by atoms with Gasteiger partial charge in [-0.1, -0.05) is 60.3 Å². The summed E-state index contributed by atoms with van der Waals surface area (Å²) < 4.78 is 7.18. The van der Waals surface area contributed by atoms with Crippen molar-refractivity contribution in [2.75, 3.05) is 6.61 Å². The number of cyclic esters (lactones) is 1. The lowest BCUT2D eigenvalue weighted by atomic mass is 10.1.